The quantitative estimate of drug-likeness (QED) is 0.671. The van der Waals surface area contributed by atoms with Gasteiger partial charge in [0.25, 0.3) is 0 Å². The van der Waals surface area contributed by atoms with E-state index in [2.05, 4.69) is 10.0 Å². The molecule has 0 fully saturated rings. The highest BCUT2D eigenvalue weighted by Gasteiger charge is 2.20. The highest BCUT2D eigenvalue weighted by Crippen LogP contribution is 2.22. The summed E-state index contributed by atoms with van der Waals surface area (Å²) < 4.78 is 27.2. The van der Waals surface area contributed by atoms with E-state index in [4.69, 9.17) is 0 Å². The van der Waals surface area contributed by atoms with E-state index >= 15 is 0 Å². The highest BCUT2D eigenvalue weighted by molar-refractivity contribution is 7.89. The van der Waals surface area contributed by atoms with Gasteiger partial charge in [0.05, 0.1) is 10.5 Å². The molecule has 2 aromatic rings. The number of aromatic carboxylic acids is 1. The Hall–Kier alpha value is -2.38. The fourth-order valence-electron chi connectivity index (χ4n) is 2.23. The molecule has 0 spiro atoms. The first-order valence-corrected chi connectivity index (χ1v) is 9.49. The van der Waals surface area contributed by atoms with Crippen molar-refractivity contribution < 1.29 is 18.3 Å². The second-order valence-corrected chi connectivity index (χ2v) is 7.50. The summed E-state index contributed by atoms with van der Waals surface area (Å²) in [7, 11) is -3.75. The van der Waals surface area contributed by atoms with Gasteiger partial charge in [-0.2, -0.15) is 0 Å². The minimum atomic E-state index is -3.75. The monoisotopic (exact) mass is 362 g/mol. The molecule has 0 aliphatic heterocycles. The van der Waals surface area contributed by atoms with Gasteiger partial charge in [-0.3, -0.25) is 0 Å². The van der Waals surface area contributed by atoms with Crippen LogP contribution in [0.1, 0.15) is 36.2 Å². The van der Waals surface area contributed by atoms with Crippen LogP contribution in [0.3, 0.4) is 0 Å². The van der Waals surface area contributed by atoms with Crippen molar-refractivity contribution in [1.82, 2.24) is 4.72 Å². The summed E-state index contributed by atoms with van der Waals surface area (Å²) in [4.78, 5) is 11.5. The van der Waals surface area contributed by atoms with E-state index in [9.17, 15) is 18.3 Å². The lowest BCUT2D eigenvalue weighted by atomic mass is 10.1. The first kappa shape index (κ1) is 19.0. The number of nitrogens with one attached hydrogen (secondary N) is 2. The molecule has 1 atom stereocenters. The summed E-state index contributed by atoms with van der Waals surface area (Å²) in [6.07, 6.45) is 0.641. The minimum Gasteiger partial charge on any atom is -0.478 e. The van der Waals surface area contributed by atoms with E-state index in [1.165, 1.54) is 18.2 Å². The molecule has 3 N–H and O–H groups in total. The van der Waals surface area contributed by atoms with Crippen molar-refractivity contribution in [3.05, 3.63) is 59.7 Å². The lowest BCUT2D eigenvalue weighted by Crippen LogP contribution is -2.32. The van der Waals surface area contributed by atoms with E-state index in [-0.39, 0.29) is 16.5 Å². The molecule has 0 heterocycles. The van der Waals surface area contributed by atoms with Gasteiger partial charge in [-0.15, -0.1) is 0 Å². The molecule has 6 nitrogen and oxygen atoms in total. The number of carbonyl (C=O) groups is 1. The van der Waals surface area contributed by atoms with E-state index in [1.807, 2.05) is 37.3 Å². The van der Waals surface area contributed by atoms with Crippen LogP contribution in [0.5, 0.6) is 0 Å². The molecule has 25 heavy (non-hydrogen) atoms. The molecule has 134 valence electrons. The van der Waals surface area contributed by atoms with Crippen molar-refractivity contribution >= 4 is 21.7 Å². The lowest BCUT2D eigenvalue weighted by Gasteiger charge is -2.14. The van der Waals surface area contributed by atoms with Crippen LogP contribution in [-0.4, -0.2) is 25.5 Å². The lowest BCUT2D eigenvalue weighted by molar-refractivity contribution is 0.0697. The van der Waals surface area contributed by atoms with Gasteiger partial charge in [0, 0.05) is 18.3 Å². The van der Waals surface area contributed by atoms with Gasteiger partial charge in [0.1, 0.15) is 0 Å². The molecule has 7 heteroatoms. The summed E-state index contributed by atoms with van der Waals surface area (Å²) in [5, 5.41) is 12.5. The first-order chi connectivity index (χ1) is 11.8. The van der Waals surface area contributed by atoms with Gasteiger partial charge >= 0.3 is 5.97 Å². The van der Waals surface area contributed by atoms with Gasteiger partial charge in [0.2, 0.25) is 10.0 Å². The van der Waals surface area contributed by atoms with Crippen LogP contribution in [0.25, 0.3) is 0 Å². The molecule has 0 saturated carbocycles. The third kappa shape index (κ3) is 5.04. The normalized spacial score (nSPS) is 12.6. The number of rotatable bonds is 8. The number of hydrogen-bond donors (Lipinski definition) is 3. The number of benzene rings is 2. The molecular formula is C18H22N2O4S. The molecule has 0 amide bonds. The average Bonchev–Trinajstić information content (AvgIpc) is 2.60. The standard InChI is InChI=1S/C18H22N2O4S/c1-3-13(2)20-25(23,24)15-9-10-17(16(11-15)18(21)22)19-12-14-7-5-4-6-8-14/h4-11,13,19-20H,3,12H2,1-2H3,(H,21,22)/t13-/m1/s1. The van der Waals surface area contributed by atoms with Gasteiger partial charge in [-0.25, -0.2) is 17.9 Å². The van der Waals surface area contributed by atoms with Gasteiger partial charge < -0.3 is 10.4 Å². The number of anilines is 1. The Morgan fingerprint density at radius 1 is 1.16 bits per heavy atom. The zero-order chi connectivity index (χ0) is 18.4. The zero-order valence-electron chi connectivity index (χ0n) is 14.2. The molecule has 2 aromatic carbocycles. The van der Waals surface area contributed by atoms with Crippen LogP contribution in [-0.2, 0) is 16.6 Å². The Bertz CT molecular complexity index is 835. The van der Waals surface area contributed by atoms with Crippen molar-refractivity contribution in [2.75, 3.05) is 5.32 Å². The van der Waals surface area contributed by atoms with Crippen molar-refractivity contribution in [2.24, 2.45) is 0 Å². The van der Waals surface area contributed by atoms with Crippen molar-refractivity contribution in [2.45, 2.75) is 37.8 Å². The Kier molecular flexibility index (Phi) is 6.17. The van der Waals surface area contributed by atoms with E-state index < -0.39 is 16.0 Å². The van der Waals surface area contributed by atoms with Crippen LogP contribution in [0.2, 0.25) is 0 Å². The highest BCUT2D eigenvalue weighted by atomic mass is 32.2. The molecule has 0 unspecified atom stereocenters. The fourth-order valence-corrected chi connectivity index (χ4v) is 3.58. The van der Waals surface area contributed by atoms with E-state index in [1.54, 1.807) is 6.92 Å². The maximum Gasteiger partial charge on any atom is 0.337 e. The topological polar surface area (TPSA) is 95.5 Å². The average molecular weight is 362 g/mol. The number of hydrogen-bond acceptors (Lipinski definition) is 4. The molecule has 0 bridgehead atoms. The third-order valence-electron chi connectivity index (χ3n) is 3.83. The van der Waals surface area contributed by atoms with Crippen LogP contribution in [0.15, 0.2) is 53.4 Å². The number of carboxylic acid groups (broad SMARTS) is 1. The smallest absolute Gasteiger partial charge is 0.337 e. The number of carboxylic acids is 1. The zero-order valence-corrected chi connectivity index (χ0v) is 15.0. The summed E-state index contributed by atoms with van der Waals surface area (Å²) >= 11 is 0. The third-order valence-corrected chi connectivity index (χ3v) is 5.41. The first-order valence-electron chi connectivity index (χ1n) is 8.01. The van der Waals surface area contributed by atoms with Gasteiger partial charge in [-0.05, 0) is 37.1 Å². The summed E-state index contributed by atoms with van der Waals surface area (Å²) in [5.41, 5.74) is 1.29. The Morgan fingerprint density at radius 2 is 1.84 bits per heavy atom. The summed E-state index contributed by atoms with van der Waals surface area (Å²) in [5.74, 6) is -1.18. The van der Waals surface area contributed by atoms with Crippen molar-refractivity contribution in [3.63, 3.8) is 0 Å². The van der Waals surface area contributed by atoms with Gasteiger partial charge in [0.15, 0.2) is 0 Å². The maximum atomic E-state index is 12.3. The predicted octanol–water partition coefficient (Wildman–Crippen LogP) is 3.07. The largest absolute Gasteiger partial charge is 0.478 e. The van der Waals surface area contributed by atoms with Crippen LogP contribution >= 0.6 is 0 Å². The van der Waals surface area contributed by atoms with Crippen LogP contribution in [0.4, 0.5) is 5.69 Å². The van der Waals surface area contributed by atoms with Crippen molar-refractivity contribution in [1.29, 1.82) is 0 Å². The molecule has 0 aliphatic carbocycles. The molecular weight excluding hydrogens is 340 g/mol. The second kappa shape index (κ2) is 8.13. The van der Waals surface area contributed by atoms with Gasteiger partial charge in [-0.1, -0.05) is 37.3 Å². The number of sulfonamides is 1. The minimum absolute atomic E-state index is 0.0598. The Balaban J connectivity index is 2.27. The molecule has 0 aliphatic rings. The molecule has 2 rings (SSSR count). The molecule has 0 aromatic heterocycles. The van der Waals surface area contributed by atoms with E-state index in [0.29, 0.717) is 18.7 Å². The van der Waals surface area contributed by atoms with E-state index in [0.717, 1.165) is 5.56 Å². The molecule has 0 saturated heterocycles. The Labute approximate surface area is 147 Å². The Morgan fingerprint density at radius 3 is 2.44 bits per heavy atom. The SMILES string of the molecule is CC[C@@H](C)NS(=O)(=O)c1ccc(NCc2ccccc2)c(C(=O)O)c1. The summed E-state index contributed by atoms with van der Waals surface area (Å²) in [6, 6.07) is 13.4. The fraction of sp³-hybridized carbons (Fsp3) is 0.278. The second-order valence-electron chi connectivity index (χ2n) is 5.78. The molecule has 0 radical (unpaired) electrons. The summed E-state index contributed by atoms with van der Waals surface area (Å²) in [6.45, 7) is 4.07. The van der Waals surface area contributed by atoms with Crippen LogP contribution in [0, 0.1) is 0 Å². The van der Waals surface area contributed by atoms with Crippen LogP contribution < -0.4 is 10.0 Å². The maximum absolute atomic E-state index is 12.3. The predicted molar refractivity (Wildman–Crippen MR) is 97.2 cm³/mol. The van der Waals surface area contributed by atoms with Crippen molar-refractivity contribution in [3.8, 4) is 0 Å².